The van der Waals surface area contributed by atoms with Gasteiger partial charge in [-0.15, -0.1) is 0 Å². The molecule has 0 radical (unpaired) electrons. The first-order valence-electron chi connectivity index (χ1n) is 5.89. The number of hydrogen-bond acceptors (Lipinski definition) is 4. The molecule has 1 heterocycles. The van der Waals surface area contributed by atoms with Crippen molar-refractivity contribution >= 4 is 17.3 Å². The van der Waals surface area contributed by atoms with Gasteiger partial charge in [0, 0.05) is 30.9 Å². The van der Waals surface area contributed by atoms with Crippen LogP contribution in [0, 0.1) is 10.1 Å². The summed E-state index contributed by atoms with van der Waals surface area (Å²) in [6.45, 7) is 4.76. The third-order valence-corrected chi connectivity index (χ3v) is 3.12. The summed E-state index contributed by atoms with van der Waals surface area (Å²) in [6, 6.07) is 6.10. The highest BCUT2D eigenvalue weighted by Crippen LogP contribution is 2.21. The van der Waals surface area contributed by atoms with Crippen molar-refractivity contribution in [2.75, 3.05) is 31.1 Å². The largest absolute Gasteiger partial charge is 0.310 e. The molecular formula is C12H15N3O3. The SMILES string of the molecule is CCN1CCN(c2ccc([N+](=O)[O-])cc2)C(=O)C1. The number of amides is 1. The van der Waals surface area contributed by atoms with Gasteiger partial charge in [-0.2, -0.15) is 0 Å². The molecule has 1 aromatic carbocycles. The maximum atomic E-state index is 11.9. The van der Waals surface area contributed by atoms with Gasteiger partial charge in [-0.25, -0.2) is 0 Å². The maximum absolute atomic E-state index is 11.9. The van der Waals surface area contributed by atoms with Gasteiger partial charge in [-0.1, -0.05) is 6.92 Å². The Kier molecular flexibility index (Phi) is 3.57. The Hall–Kier alpha value is -1.95. The van der Waals surface area contributed by atoms with Crippen molar-refractivity contribution < 1.29 is 9.72 Å². The van der Waals surface area contributed by atoms with Gasteiger partial charge in [0.05, 0.1) is 11.5 Å². The highest BCUT2D eigenvalue weighted by molar-refractivity contribution is 5.95. The third-order valence-electron chi connectivity index (χ3n) is 3.12. The number of carbonyl (C=O) groups excluding carboxylic acids is 1. The van der Waals surface area contributed by atoms with Crippen molar-refractivity contribution in [2.45, 2.75) is 6.92 Å². The molecule has 18 heavy (non-hydrogen) atoms. The van der Waals surface area contributed by atoms with Crippen molar-refractivity contribution in [2.24, 2.45) is 0 Å². The van der Waals surface area contributed by atoms with Crippen molar-refractivity contribution in [3.05, 3.63) is 34.4 Å². The Labute approximate surface area is 105 Å². The number of nitro benzene ring substituents is 1. The quantitative estimate of drug-likeness (QED) is 0.597. The first-order valence-corrected chi connectivity index (χ1v) is 5.89. The summed E-state index contributed by atoms with van der Waals surface area (Å²) in [5.74, 6) is 0.0388. The molecule has 1 aromatic rings. The number of anilines is 1. The van der Waals surface area contributed by atoms with Gasteiger partial charge in [0.1, 0.15) is 0 Å². The molecule has 2 rings (SSSR count). The molecule has 0 saturated carbocycles. The van der Waals surface area contributed by atoms with Crippen LogP contribution in [-0.2, 0) is 4.79 Å². The zero-order chi connectivity index (χ0) is 13.1. The predicted molar refractivity (Wildman–Crippen MR) is 67.6 cm³/mol. The second-order valence-corrected chi connectivity index (χ2v) is 4.19. The predicted octanol–water partition coefficient (Wildman–Crippen LogP) is 1.26. The van der Waals surface area contributed by atoms with Gasteiger partial charge < -0.3 is 4.90 Å². The molecule has 1 saturated heterocycles. The number of piperazine rings is 1. The molecule has 6 heteroatoms. The topological polar surface area (TPSA) is 66.7 Å². The van der Waals surface area contributed by atoms with Crippen molar-refractivity contribution in [3.8, 4) is 0 Å². The number of benzene rings is 1. The van der Waals surface area contributed by atoms with E-state index in [9.17, 15) is 14.9 Å². The Bertz CT molecular complexity index is 458. The number of hydrogen-bond donors (Lipinski definition) is 0. The van der Waals surface area contributed by atoms with E-state index in [4.69, 9.17) is 0 Å². The Morgan fingerprint density at radius 2 is 1.94 bits per heavy atom. The summed E-state index contributed by atoms with van der Waals surface area (Å²) in [7, 11) is 0. The molecule has 0 aliphatic carbocycles. The Morgan fingerprint density at radius 1 is 1.28 bits per heavy atom. The van der Waals surface area contributed by atoms with E-state index in [-0.39, 0.29) is 11.6 Å². The van der Waals surface area contributed by atoms with Crippen LogP contribution in [0.2, 0.25) is 0 Å². The lowest BCUT2D eigenvalue weighted by Crippen LogP contribution is -2.50. The van der Waals surface area contributed by atoms with E-state index in [1.807, 2.05) is 6.92 Å². The lowest BCUT2D eigenvalue weighted by atomic mass is 10.2. The van der Waals surface area contributed by atoms with Crippen LogP contribution in [0.1, 0.15) is 6.92 Å². The van der Waals surface area contributed by atoms with Crippen LogP contribution < -0.4 is 4.90 Å². The standard InChI is InChI=1S/C12H15N3O3/c1-2-13-7-8-14(12(16)9-13)10-3-5-11(6-4-10)15(17)18/h3-6H,2,7-9H2,1H3. The number of likely N-dealkylation sites (N-methyl/N-ethyl adjacent to an activating group) is 1. The number of nitro groups is 1. The molecule has 1 fully saturated rings. The van der Waals surface area contributed by atoms with E-state index >= 15 is 0 Å². The highest BCUT2D eigenvalue weighted by atomic mass is 16.6. The molecule has 0 spiro atoms. The molecule has 0 atom stereocenters. The van der Waals surface area contributed by atoms with Gasteiger partial charge in [-0.3, -0.25) is 19.8 Å². The third kappa shape index (κ3) is 2.48. The van der Waals surface area contributed by atoms with Gasteiger partial charge in [0.2, 0.25) is 5.91 Å². The van der Waals surface area contributed by atoms with E-state index in [1.54, 1.807) is 17.0 Å². The molecule has 0 bridgehead atoms. The summed E-state index contributed by atoms with van der Waals surface area (Å²) in [5, 5.41) is 10.6. The smallest absolute Gasteiger partial charge is 0.269 e. The molecule has 1 amide bonds. The van der Waals surface area contributed by atoms with E-state index in [2.05, 4.69) is 4.90 Å². The second-order valence-electron chi connectivity index (χ2n) is 4.19. The summed E-state index contributed by atoms with van der Waals surface area (Å²) >= 11 is 0. The highest BCUT2D eigenvalue weighted by Gasteiger charge is 2.24. The maximum Gasteiger partial charge on any atom is 0.269 e. The van der Waals surface area contributed by atoms with E-state index in [0.717, 1.165) is 18.8 Å². The van der Waals surface area contributed by atoms with Crippen LogP contribution in [0.15, 0.2) is 24.3 Å². The van der Waals surface area contributed by atoms with Crippen LogP contribution in [0.5, 0.6) is 0 Å². The average molecular weight is 249 g/mol. The number of nitrogens with zero attached hydrogens (tertiary/aromatic N) is 3. The van der Waals surface area contributed by atoms with Crippen molar-refractivity contribution in [1.82, 2.24) is 4.90 Å². The van der Waals surface area contributed by atoms with E-state index in [0.29, 0.717) is 13.1 Å². The molecule has 0 aromatic heterocycles. The molecule has 0 N–H and O–H groups in total. The summed E-state index contributed by atoms with van der Waals surface area (Å²) in [6.07, 6.45) is 0. The van der Waals surface area contributed by atoms with E-state index in [1.165, 1.54) is 12.1 Å². The molecule has 6 nitrogen and oxygen atoms in total. The summed E-state index contributed by atoms with van der Waals surface area (Å²) < 4.78 is 0. The number of non-ortho nitro benzene ring substituents is 1. The fourth-order valence-corrected chi connectivity index (χ4v) is 2.02. The zero-order valence-electron chi connectivity index (χ0n) is 10.2. The minimum atomic E-state index is -0.444. The van der Waals surface area contributed by atoms with Gasteiger partial charge in [0.15, 0.2) is 0 Å². The van der Waals surface area contributed by atoms with Crippen LogP contribution >= 0.6 is 0 Å². The normalized spacial score (nSPS) is 16.9. The van der Waals surface area contributed by atoms with Crippen LogP contribution in [0.3, 0.4) is 0 Å². The second kappa shape index (κ2) is 5.14. The molecule has 96 valence electrons. The summed E-state index contributed by atoms with van der Waals surface area (Å²) in [4.78, 5) is 25.8. The molecule has 0 unspecified atom stereocenters. The zero-order valence-corrected chi connectivity index (χ0v) is 10.2. The molecular weight excluding hydrogens is 234 g/mol. The number of carbonyl (C=O) groups is 1. The minimum Gasteiger partial charge on any atom is -0.310 e. The van der Waals surface area contributed by atoms with Gasteiger partial charge in [0.25, 0.3) is 5.69 Å². The number of rotatable bonds is 3. The Balaban J connectivity index is 2.12. The minimum absolute atomic E-state index is 0.0388. The first-order chi connectivity index (χ1) is 8.61. The lowest BCUT2D eigenvalue weighted by molar-refractivity contribution is -0.384. The molecule has 1 aliphatic rings. The van der Waals surface area contributed by atoms with Crippen molar-refractivity contribution in [3.63, 3.8) is 0 Å². The average Bonchev–Trinajstić information content (AvgIpc) is 2.38. The monoisotopic (exact) mass is 249 g/mol. The van der Waals surface area contributed by atoms with Crippen LogP contribution in [-0.4, -0.2) is 41.9 Å². The van der Waals surface area contributed by atoms with Gasteiger partial charge in [-0.05, 0) is 18.7 Å². The van der Waals surface area contributed by atoms with Crippen LogP contribution in [0.4, 0.5) is 11.4 Å². The first kappa shape index (κ1) is 12.5. The fourth-order valence-electron chi connectivity index (χ4n) is 2.02. The summed E-state index contributed by atoms with van der Waals surface area (Å²) in [5.41, 5.74) is 0.764. The van der Waals surface area contributed by atoms with Crippen LogP contribution in [0.25, 0.3) is 0 Å². The van der Waals surface area contributed by atoms with Crippen molar-refractivity contribution in [1.29, 1.82) is 0 Å². The molecule has 1 aliphatic heterocycles. The van der Waals surface area contributed by atoms with Gasteiger partial charge >= 0.3 is 0 Å². The lowest BCUT2D eigenvalue weighted by Gasteiger charge is -2.33. The van der Waals surface area contributed by atoms with E-state index < -0.39 is 4.92 Å². The Morgan fingerprint density at radius 3 is 2.44 bits per heavy atom. The fraction of sp³-hybridized carbons (Fsp3) is 0.417.